The molecule has 1 aliphatic heterocycles. The van der Waals surface area contributed by atoms with Gasteiger partial charge in [0, 0.05) is 13.1 Å². The van der Waals surface area contributed by atoms with Gasteiger partial charge in [-0.15, -0.1) is 0 Å². The SMILES string of the molecule is CCOC(=O)C1CCC(CNC(=O)N2CCCC2c2ccco2)CC1. The Morgan fingerprint density at radius 2 is 2.08 bits per heavy atom. The van der Waals surface area contributed by atoms with E-state index in [0.29, 0.717) is 19.1 Å². The van der Waals surface area contributed by atoms with Crippen molar-refractivity contribution in [2.24, 2.45) is 11.8 Å². The van der Waals surface area contributed by atoms with E-state index in [4.69, 9.17) is 9.15 Å². The number of rotatable bonds is 5. The second kappa shape index (κ2) is 8.41. The van der Waals surface area contributed by atoms with Gasteiger partial charge < -0.3 is 19.4 Å². The van der Waals surface area contributed by atoms with Gasteiger partial charge in [0.05, 0.1) is 24.8 Å². The van der Waals surface area contributed by atoms with Gasteiger partial charge in [0.15, 0.2) is 0 Å². The van der Waals surface area contributed by atoms with Crippen LogP contribution in [0.4, 0.5) is 4.79 Å². The van der Waals surface area contributed by atoms with Gasteiger partial charge in [0.2, 0.25) is 0 Å². The zero-order valence-corrected chi connectivity index (χ0v) is 14.9. The van der Waals surface area contributed by atoms with Gasteiger partial charge in [0.25, 0.3) is 0 Å². The summed E-state index contributed by atoms with van der Waals surface area (Å²) in [7, 11) is 0. The normalized spacial score (nSPS) is 26.4. The monoisotopic (exact) mass is 348 g/mol. The molecule has 138 valence electrons. The lowest BCUT2D eigenvalue weighted by Gasteiger charge is -2.29. The van der Waals surface area contributed by atoms with Crippen LogP contribution in [0.3, 0.4) is 0 Å². The van der Waals surface area contributed by atoms with Gasteiger partial charge in [-0.05, 0) is 63.5 Å². The van der Waals surface area contributed by atoms with Crippen molar-refractivity contribution in [3.8, 4) is 0 Å². The average molecular weight is 348 g/mol. The molecule has 1 unspecified atom stereocenters. The van der Waals surface area contributed by atoms with Crippen molar-refractivity contribution in [3.63, 3.8) is 0 Å². The van der Waals surface area contributed by atoms with E-state index in [2.05, 4.69) is 5.32 Å². The van der Waals surface area contributed by atoms with E-state index in [1.165, 1.54) is 0 Å². The lowest BCUT2D eigenvalue weighted by molar-refractivity contribution is -0.149. The summed E-state index contributed by atoms with van der Waals surface area (Å²) in [5.74, 6) is 1.28. The van der Waals surface area contributed by atoms with Gasteiger partial charge in [-0.25, -0.2) is 4.79 Å². The summed E-state index contributed by atoms with van der Waals surface area (Å²) in [5, 5.41) is 3.08. The Hall–Kier alpha value is -1.98. The molecule has 1 saturated heterocycles. The van der Waals surface area contributed by atoms with Crippen molar-refractivity contribution in [2.45, 2.75) is 51.5 Å². The van der Waals surface area contributed by atoms with Gasteiger partial charge >= 0.3 is 12.0 Å². The van der Waals surface area contributed by atoms with Crippen LogP contribution in [0.15, 0.2) is 22.8 Å². The maximum atomic E-state index is 12.6. The third-order valence-electron chi connectivity index (χ3n) is 5.39. The quantitative estimate of drug-likeness (QED) is 0.827. The molecule has 1 saturated carbocycles. The Bertz CT molecular complexity index is 564. The molecule has 2 amide bonds. The fraction of sp³-hybridized carbons (Fsp3) is 0.684. The van der Waals surface area contributed by atoms with Crippen LogP contribution in [-0.4, -0.2) is 36.6 Å². The summed E-state index contributed by atoms with van der Waals surface area (Å²) in [6.07, 6.45) is 7.26. The topological polar surface area (TPSA) is 71.8 Å². The Balaban J connectivity index is 1.43. The van der Waals surface area contributed by atoms with E-state index < -0.39 is 0 Å². The second-order valence-electron chi connectivity index (χ2n) is 7.02. The third-order valence-corrected chi connectivity index (χ3v) is 5.39. The lowest BCUT2D eigenvalue weighted by Crippen LogP contribution is -2.42. The molecule has 0 aromatic carbocycles. The minimum atomic E-state index is -0.0664. The molecule has 3 rings (SSSR count). The maximum Gasteiger partial charge on any atom is 0.318 e. The van der Waals surface area contributed by atoms with Gasteiger partial charge in [0.1, 0.15) is 5.76 Å². The van der Waals surface area contributed by atoms with Gasteiger partial charge in [-0.1, -0.05) is 0 Å². The Labute approximate surface area is 148 Å². The van der Waals surface area contributed by atoms with E-state index in [-0.39, 0.29) is 24.0 Å². The second-order valence-corrected chi connectivity index (χ2v) is 7.02. The molecule has 1 aromatic heterocycles. The van der Waals surface area contributed by atoms with Crippen LogP contribution in [0.5, 0.6) is 0 Å². The van der Waals surface area contributed by atoms with E-state index >= 15 is 0 Å². The first-order chi connectivity index (χ1) is 12.2. The van der Waals surface area contributed by atoms with Crippen LogP contribution < -0.4 is 5.32 Å². The molecule has 2 aliphatic rings. The minimum absolute atomic E-state index is 0.00795. The Kier molecular flexibility index (Phi) is 6.00. The molecule has 25 heavy (non-hydrogen) atoms. The molecule has 2 heterocycles. The number of ether oxygens (including phenoxy) is 1. The van der Waals surface area contributed by atoms with E-state index in [1.807, 2.05) is 24.0 Å². The number of urea groups is 1. The van der Waals surface area contributed by atoms with E-state index in [0.717, 1.165) is 50.8 Å². The third kappa shape index (κ3) is 4.35. The molecule has 0 radical (unpaired) electrons. The number of amides is 2. The molecule has 1 N–H and O–H groups in total. The maximum absolute atomic E-state index is 12.6. The number of hydrogen-bond donors (Lipinski definition) is 1. The molecule has 6 nitrogen and oxygen atoms in total. The standard InChI is InChI=1S/C19H28N2O4/c1-2-24-18(22)15-9-7-14(8-10-15)13-20-19(23)21-11-3-5-16(21)17-6-4-12-25-17/h4,6,12,14-16H,2-3,5,7-11,13H2,1H3,(H,20,23). The number of furan rings is 1. The molecule has 2 fully saturated rings. The van der Waals surface area contributed by atoms with Crippen molar-refractivity contribution in [1.82, 2.24) is 10.2 Å². The first-order valence-corrected chi connectivity index (χ1v) is 9.43. The summed E-state index contributed by atoms with van der Waals surface area (Å²) in [4.78, 5) is 26.2. The first kappa shape index (κ1) is 17.8. The van der Waals surface area contributed by atoms with E-state index in [1.54, 1.807) is 6.26 Å². The van der Waals surface area contributed by atoms with Gasteiger partial charge in [-0.3, -0.25) is 4.79 Å². The van der Waals surface area contributed by atoms with Crippen molar-refractivity contribution in [2.75, 3.05) is 19.7 Å². The summed E-state index contributed by atoms with van der Waals surface area (Å²) in [5.41, 5.74) is 0. The van der Waals surface area contributed by atoms with Crippen LogP contribution in [0.2, 0.25) is 0 Å². The molecule has 0 spiro atoms. The largest absolute Gasteiger partial charge is 0.467 e. The number of nitrogens with zero attached hydrogens (tertiary/aromatic N) is 1. The lowest BCUT2D eigenvalue weighted by atomic mass is 9.82. The smallest absolute Gasteiger partial charge is 0.318 e. The molecule has 1 aromatic rings. The fourth-order valence-electron chi connectivity index (χ4n) is 3.98. The van der Waals surface area contributed by atoms with Crippen LogP contribution in [-0.2, 0) is 9.53 Å². The summed E-state index contributed by atoms with van der Waals surface area (Å²) >= 11 is 0. The number of nitrogens with one attached hydrogen (secondary N) is 1. The molecule has 1 aliphatic carbocycles. The molecule has 6 heteroatoms. The Morgan fingerprint density at radius 3 is 2.76 bits per heavy atom. The van der Waals surface area contributed by atoms with Crippen LogP contribution in [0.25, 0.3) is 0 Å². The first-order valence-electron chi connectivity index (χ1n) is 9.43. The highest BCUT2D eigenvalue weighted by atomic mass is 16.5. The predicted octanol–water partition coefficient (Wildman–Crippen LogP) is 3.50. The van der Waals surface area contributed by atoms with Crippen molar-refractivity contribution in [1.29, 1.82) is 0 Å². The molecule has 0 bridgehead atoms. The Morgan fingerprint density at radius 1 is 1.28 bits per heavy atom. The number of carbonyl (C=O) groups is 2. The molecular weight excluding hydrogens is 320 g/mol. The van der Waals surface area contributed by atoms with Crippen LogP contribution in [0.1, 0.15) is 57.3 Å². The van der Waals surface area contributed by atoms with Crippen molar-refractivity contribution in [3.05, 3.63) is 24.2 Å². The van der Waals surface area contributed by atoms with E-state index in [9.17, 15) is 9.59 Å². The highest BCUT2D eigenvalue weighted by molar-refractivity contribution is 5.75. The number of hydrogen-bond acceptors (Lipinski definition) is 4. The summed E-state index contributed by atoms with van der Waals surface area (Å²) in [6, 6.07) is 3.85. The minimum Gasteiger partial charge on any atom is -0.467 e. The molecule has 1 atom stereocenters. The van der Waals surface area contributed by atoms with Crippen molar-refractivity contribution >= 4 is 12.0 Å². The van der Waals surface area contributed by atoms with Gasteiger partial charge in [-0.2, -0.15) is 0 Å². The summed E-state index contributed by atoms with van der Waals surface area (Å²) in [6.45, 7) is 3.73. The van der Waals surface area contributed by atoms with Crippen LogP contribution in [0, 0.1) is 11.8 Å². The average Bonchev–Trinajstić information content (AvgIpc) is 3.31. The zero-order chi connectivity index (χ0) is 17.6. The number of esters is 1. The number of likely N-dealkylation sites (tertiary alicyclic amines) is 1. The summed E-state index contributed by atoms with van der Waals surface area (Å²) < 4.78 is 10.6. The van der Waals surface area contributed by atoms with Crippen molar-refractivity contribution < 1.29 is 18.7 Å². The predicted molar refractivity (Wildman–Crippen MR) is 92.9 cm³/mol. The highest BCUT2D eigenvalue weighted by Crippen LogP contribution is 2.32. The fourth-order valence-corrected chi connectivity index (χ4v) is 3.98. The zero-order valence-electron chi connectivity index (χ0n) is 14.9. The highest BCUT2D eigenvalue weighted by Gasteiger charge is 2.32. The molecular formula is C19H28N2O4. The van der Waals surface area contributed by atoms with Crippen LogP contribution >= 0.6 is 0 Å². The number of carbonyl (C=O) groups excluding carboxylic acids is 2.